The fraction of sp³-hybridized carbons (Fsp3) is 0.308. The lowest BCUT2D eigenvalue weighted by Crippen LogP contribution is -2.20. The molecule has 0 saturated heterocycles. The Morgan fingerprint density at radius 1 is 1.47 bits per heavy atom. The lowest BCUT2D eigenvalue weighted by atomic mass is 10.2. The summed E-state index contributed by atoms with van der Waals surface area (Å²) in [7, 11) is 0. The van der Waals surface area contributed by atoms with Crippen molar-refractivity contribution < 1.29 is 14.3 Å². The summed E-state index contributed by atoms with van der Waals surface area (Å²) in [6.07, 6.45) is 1.24. The molecule has 0 bridgehead atoms. The van der Waals surface area contributed by atoms with Crippen LogP contribution < -0.4 is 10.1 Å². The summed E-state index contributed by atoms with van der Waals surface area (Å²) in [5, 5.41) is 2.70. The van der Waals surface area contributed by atoms with Gasteiger partial charge in [-0.3, -0.25) is 4.79 Å². The second-order valence-corrected chi connectivity index (χ2v) is 3.28. The molecule has 17 heavy (non-hydrogen) atoms. The van der Waals surface area contributed by atoms with Gasteiger partial charge < -0.3 is 14.8 Å². The van der Waals surface area contributed by atoms with Gasteiger partial charge >= 0.3 is 0 Å². The van der Waals surface area contributed by atoms with Crippen molar-refractivity contribution in [2.75, 3.05) is 13.4 Å². The molecule has 0 unspecified atom stereocenters. The Kier molecular flexibility index (Phi) is 5.82. The van der Waals surface area contributed by atoms with Gasteiger partial charge in [0.05, 0.1) is 0 Å². The van der Waals surface area contributed by atoms with Crippen LogP contribution in [-0.2, 0) is 16.1 Å². The van der Waals surface area contributed by atoms with Crippen molar-refractivity contribution in [1.29, 1.82) is 0 Å². The maximum atomic E-state index is 11.1. The van der Waals surface area contributed by atoms with Crippen molar-refractivity contribution in [3.05, 3.63) is 42.5 Å². The number of ether oxygens (including phenoxy) is 2. The number of rotatable bonds is 7. The van der Waals surface area contributed by atoms with Crippen LogP contribution >= 0.6 is 0 Å². The molecule has 0 spiro atoms. The van der Waals surface area contributed by atoms with Crippen LogP contribution in [-0.4, -0.2) is 19.3 Å². The zero-order valence-electron chi connectivity index (χ0n) is 9.94. The first-order valence-electron chi connectivity index (χ1n) is 5.46. The highest BCUT2D eigenvalue weighted by Crippen LogP contribution is 2.17. The van der Waals surface area contributed by atoms with E-state index in [2.05, 4.69) is 11.9 Å². The molecule has 0 fully saturated rings. The Labute approximate surface area is 101 Å². The minimum Gasteiger partial charge on any atom is -0.467 e. The van der Waals surface area contributed by atoms with Crippen molar-refractivity contribution in [2.45, 2.75) is 13.5 Å². The molecular formula is C13H17NO3. The molecule has 0 aromatic heterocycles. The molecule has 0 atom stereocenters. The minimum atomic E-state index is -0.204. The normalized spacial score (nSPS) is 9.71. The Morgan fingerprint density at radius 2 is 2.24 bits per heavy atom. The predicted molar refractivity (Wildman–Crippen MR) is 65.6 cm³/mol. The van der Waals surface area contributed by atoms with Gasteiger partial charge in [0, 0.05) is 18.7 Å². The van der Waals surface area contributed by atoms with E-state index in [1.807, 2.05) is 31.2 Å². The molecule has 0 radical (unpaired) electrons. The minimum absolute atomic E-state index is 0.204. The molecule has 1 aromatic carbocycles. The average Bonchev–Trinajstić information content (AvgIpc) is 2.37. The zero-order chi connectivity index (χ0) is 12.5. The summed E-state index contributed by atoms with van der Waals surface area (Å²) in [6, 6.07) is 7.50. The van der Waals surface area contributed by atoms with E-state index in [9.17, 15) is 4.79 Å². The van der Waals surface area contributed by atoms with E-state index in [1.54, 1.807) is 0 Å². The molecule has 92 valence electrons. The third-order valence-electron chi connectivity index (χ3n) is 2.11. The highest BCUT2D eigenvalue weighted by Gasteiger charge is 2.03. The summed E-state index contributed by atoms with van der Waals surface area (Å²) < 4.78 is 10.6. The molecule has 4 nitrogen and oxygen atoms in total. The van der Waals surface area contributed by atoms with Gasteiger partial charge in [-0.25, -0.2) is 0 Å². The SMILES string of the molecule is C=CC(=O)NCc1ccccc1OCOCC. The Bertz CT molecular complexity index is 377. The van der Waals surface area contributed by atoms with Crippen LogP contribution in [0.15, 0.2) is 36.9 Å². The van der Waals surface area contributed by atoms with E-state index in [0.717, 1.165) is 5.56 Å². The molecule has 1 aromatic rings. The number of hydrogen-bond acceptors (Lipinski definition) is 3. The zero-order valence-corrected chi connectivity index (χ0v) is 9.94. The summed E-state index contributed by atoms with van der Waals surface area (Å²) in [5.74, 6) is 0.509. The van der Waals surface area contributed by atoms with Crippen molar-refractivity contribution >= 4 is 5.91 Å². The van der Waals surface area contributed by atoms with Gasteiger partial charge in [-0.1, -0.05) is 24.8 Å². The van der Waals surface area contributed by atoms with Gasteiger partial charge in [-0.2, -0.15) is 0 Å². The Balaban J connectivity index is 2.57. The predicted octanol–water partition coefficient (Wildman–Crippen LogP) is 1.86. The first-order chi connectivity index (χ1) is 8.27. The van der Waals surface area contributed by atoms with Crippen molar-refractivity contribution in [1.82, 2.24) is 5.32 Å². The molecule has 0 aliphatic rings. The first-order valence-corrected chi connectivity index (χ1v) is 5.46. The highest BCUT2D eigenvalue weighted by molar-refractivity contribution is 5.86. The fourth-order valence-electron chi connectivity index (χ4n) is 1.23. The second-order valence-electron chi connectivity index (χ2n) is 3.28. The van der Waals surface area contributed by atoms with Gasteiger partial charge in [0.15, 0.2) is 6.79 Å². The maximum Gasteiger partial charge on any atom is 0.243 e. The van der Waals surface area contributed by atoms with Gasteiger partial charge in [0.1, 0.15) is 5.75 Å². The smallest absolute Gasteiger partial charge is 0.243 e. The van der Waals surface area contributed by atoms with Crippen LogP contribution in [0, 0.1) is 0 Å². The van der Waals surface area contributed by atoms with E-state index >= 15 is 0 Å². The first kappa shape index (κ1) is 13.3. The summed E-state index contributed by atoms with van der Waals surface area (Å²) >= 11 is 0. The van der Waals surface area contributed by atoms with Gasteiger partial charge in [0.25, 0.3) is 0 Å². The third-order valence-corrected chi connectivity index (χ3v) is 2.11. The second kappa shape index (κ2) is 7.46. The van der Waals surface area contributed by atoms with Gasteiger partial charge in [-0.15, -0.1) is 0 Å². The molecular weight excluding hydrogens is 218 g/mol. The van der Waals surface area contributed by atoms with E-state index in [1.165, 1.54) is 6.08 Å². The highest BCUT2D eigenvalue weighted by atomic mass is 16.7. The van der Waals surface area contributed by atoms with E-state index in [-0.39, 0.29) is 12.7 Å². The van der Waals surface area contributed by atoms with Crippen LogP contribution in [0.5, 0.6) is 5.75 Å². The number of amides is 1. The molecule has 0 heterocycles. The van der Waals surface area contributed by atoms with Crippen molar-refractivity contribution in [2.24, 2.45) is 0 Å². The fourth-order valence-corrected chi connectivity index (χ4v) is 1.23. The Hall–Kier alpha value is -1.81. The van der Waals surface area contributed by atoms with E-state index in [0.29, 0.717) is 18.9 Å². The molecule has 0 aliphatic heterocycles. The standard InChI is InChI=1S/C13H17NO3/c1-3-13(15)14-9-11-7-5-6-8-12(11)17-10-16-4-2/h3,5-8H,1,4,9-10H2,2H3,(H,14,15). The quantitative estimate of drug-likeness (QED) is 0.446. The maximum absolute atomic E-state index is 11.1. The number of nitrogens with one attached hydrogen (secondary N) is 1. The van der Waals surface area contributed by atoms with Gasteiger partial charge in [0.2, 0.25) is 5.91 Å². The average molecular weight is 235 g/mol. The number of hydrogen-bond donors (Lipinski definition) is 1. The lowest BCUT2D eigenvalue weighted by molar-refractivity contribution is -0.116. The number of carbonyl (C=O) groups excluding carboxylic acids is 1. The molecule has 1 rings (SSSR count). The number of para-hydroxylation sites is 1. The topological polar surface area (TPSA) is 47.6 Å². The van der Waals surface area contributed by atoms with Gasteiger partial charge in [-0.05, 0) is 19.1 Å². The van der Waals surface area contributed by atoms with E-state index in [4.69, 9.17) is 9.47 Å². The molecule has 4 heteroatoms. The Morgan fingerprint density at radius 3 is 2.94 bits per heavy atom. The number of carbonyl (C=O) groups is 1. The molecule has 0 saturated carbocycles. The largest absolute Gasteiger partial charge is 0.467 e. The summed E-state index contributed by atoms with van der Waals surface area (Å²) in [5.41, 5.74) is 0.905. The number of benzene rings is 1. The van der Waals surface area contributed by atoms with Crippen LogP contribution in [0.3, 0.4) is 0 Å². The van der Waals surface area contributed by atoms with Crippen LogP contribution in [0.4, 0.5) is 0 Å². The van der Waals surface area contributed by atoms with Crippen molar-refractivity contribution in [3.8, 4) is 5.75 Å². The monoisotopic (exact) mass is 235 g/mol. The third kappa shape index (κ3) is 4.70. The molecule has 1 N–H and O–H groups in total. The lowest BCUT2D eigenvalue weighted by Gasteiger charge is -2.11. The van der Waals surface area contributed by atoms with E-state index < -0.39 is 0 Å². The molecule has 0 aliphatic carbocycles. The molecule has 1 amide bonds. The van der Waals surface area contributed by atoms with Crippen LogP contribution in [0.25, 0.3) is 0 Å². The van der Waals surface area contributed by atoms with Crippen molar-refractivity contribution in [3.63, 3.8) is 0 Å². The summed E-state index contributed by atoms with van der Waals surface area (Å²) in [4.78, 5) is 11.1. The van der Waals surface area contributed by atoms with Crippen LogP contribution in [0.1, 0.15) is 12.5 Å². The summed E-state index contributed by atoms with van der Waals surface area (Å²) in [6.45, 7) is 6.52. The van der Waals surface area contributed by atoms with Crippen LogP contribution in [0.2, 0.25) is 0 Å².